The van der Waals surface area contributed by atoms with Crippen LogP contribution < -0.4 is 5.32 Å². The third-order valence-electron chi connectivity index (χ3n) is 5.26. The molecule has 4 heteroatoms. The molecule has 2 aliphatic heterocycles. The van der Waals surface area contributed by atoms with E-state index in [9.17, 15) is 0 Å². The van der Waals surface area contributed by atoms with E-state index in [1.54, 1.807) is 5.57 Å². The van der Waals surface area contributed by atoms with Gasteiger partial charge in [0.15, 0.2) is 5.79 Å². The standard InChI is InChI=1S/C17H29NO3/c1-13-4-3-5-14(2)16(13)11-18-10-15-12-20-17(21-15)6-8-19-9-7-17/h4,14-16,18H,3,5-12H2,1-2H3/t14-,15+,16+/m0/s1. The van der Waals surface area contributed by atoms with Crippen molar-refractivity contribution in [3.63, 3.8) is 0 Å². The van der Waals surface area contributed by atoms with Crippen molar-refractivity contribution in [2.75, 3.05) is 32.9 Å². The molecule has 0 unspecified atom stereocenters. The largest absolute Gasteiger partial charge is 0.381 e. The van der Waals surface area contributed by atoms with Gasteiger partial charge in [0, 0.05) is 25.9 Å². The normalized spacial score (nSPS) is 35.9. The molecule has 2 saturated heterocycles. The van der Waals surface area contributed by atoms with E-state index in [4.69, 9.17) is 14.2 Å². The van der Waals surface area contributed by atoms with E-state index in [1.165, 1.54) is 12.8 Å². The predicted octanol–water partition coefficient (Wildman–Crippen LogP) is 2.49. The third kappa shape index (κ3) is 3.67. The molecule has 3 aliphatic rings. The maximum absolute atomic E-state index is 6.15. The molecule has 1 N–H and O–H groups in total. The molecule has 4 nitrogen and oxygen atoms in total. The Morgan fingerprint density at radius 2 is 2.10 bits per heavy atom. The second-order valence-corrected chi connectivity index (χ2v) is 6.84. The first-order chi connectivity index (χ1) is 10.2. The summed E-state index contributed by atoms with van der Waals surface area (Å²) in [6.45, 7) is 8.80. The number of hydrogen-bond acceptors (Lipinski definition) is 4. The Kier molecular flexibility index (Phi) is 4.99. The highest BCUT2D eigenvalue weighted by molar-refractivity contribution is 5.09. The van der Waals surface area contributed by atoms with Crippen molar-refractivity contribution in [3.05, 3.63) is 11.6 Å². The summed E-state index contributed by atoms with van der Waals surface area (Å²) in [4.78, 5) is 0. The van der Waals surface area contributed by atoms with Crippen molar-refractivity contribution in [2.45, 2.75) is 51.4 Å². The van der Waals surface area contributed by atoms with Crippen LogP contribution in [0.3, 0.4) is 0 Å². The maximum atomic E-state index is 6.15. The lowest BCUT2D eigenvalue weighted by molar-refractivity contribution is -0.210. The fourth-order valence-electron chi connectivity index (χ4n) is 3.80. The van der Waals surface area contributed by atoms with Gasteiger partial charge >= 0.3 is 0 Å². The molecule has 3 atom stereocenters. The Hall–Kier alpha value is -0.420. The fourth-order valence-corrected chi connectivity index (χ4v) is 3.80. The molecule has 0 bridgehead atoms. The van der Waals surface area contributed by atoms with Crippen LogP contribution in [0.4, 0.5) is 0 Å². The molecule has 3 rings (SSSR count). The van der Waals surface area contributed by atoms with E-state index >= 15 is 0 Å². The minimum Gasteiger partial charge on any atom is -0.381 e. The summed E-state index contributed by atoms with van der Waals surface area (Å²) in [7, 11) is 0. The van der Waals surface area contributed by atoms with Crippen molar-refractivity contribution < 1.29 is 14.2 Å². The van der Waals surface area contributed by atoms with Crippen LogP contribution in [0.15, 0.2) is 11.6 Å². The number of ether oxygens (including phenoxy) is 3. The Morgan fingerprint density at radius 1 is 1.29 bits per heavy atom. The van der Waals surface area contributed by atoms with Gasteiger partial charge in [0.05, 0.1) is 25.9 Å². The van der Waals surface area contributed by atoms with Crippen LogP contribution in [-0.2, 0) is 14.2 Å². The van der Waals surface area contributed by atoms with Gasteiger partial charge < -0.3 is 19.5 Å². The summed E-state index contributed by atoms with van der Waals surface area (Å²) in [6, 6.07) is 0. The van der Waals surface area contributed by atoms with Crippen molar-refractivity contribution in [2.24, 2.45) is 11.8 Å². The van der Waals surface area contributed by atoms with Gasteiger partial charge in [0.1, 0.15) is 0 Å². The van der Waals surface area contributed by atoms with Crippen LogP contribution in [0.5, 0.6) is 0 Å². The minimum absolute atomic E-state index is 0.186. The van der Waals surface area contributed by atoms with Crippen LogP contribution in [0.2, 0.25) is 0 Å². The minimum atomic E-state index is -0.349. The van der Waals surface area contributed by atoms with Crippen molar-refractivity contribution in [1.29, 1.82) is 0 Å². The van der Waals surface area contributed by atoms with Gasteiger partial charge in [0.25, 0.3) is 0 Å². The van der Waals surface area contributed by atoms with Gasteiger partial charge in [-0.2, -0.15) is 0 Å². The summed E-state index contributed by atoms with van der Waals surface area (Å²) in [5.74, 6) is 1.11. The second kappa shape index (κ2) is 6.78. The van der Waals surface area contributed by atoms with Gasteiger partial charge in [-0.05, 0) is 31.6 Å². The lowest BCUT2D eigenvalue weighted by Crippen LogP contribution is -2.40. The third-order valence-corrected chi connectivity index (χ3v) is 5.26. The molecule has 2 fully saturated rings. The van der Waals surface area contributed by atoms with E-state index < -0.39 is 0 Å². The van der Waals surface area contributed by atoms with E-state index in [1.807, 2.05) is 0 Å². The molecule has 0 saturated carbocycles. The Labute approximate surface area is 128 Å². The Morgan fingerprint density at radius 3 is 2.86 bits per heavy atom. The number of nitrogens with one attached hydrogen (secondary N) is 1. The van der Waals surface area contributed by atoms with Crippen LogP contribution >= 0.6 is 0 Å². The zero-order valence-corrected chi connectivity index (χ0v) is 13.4. The Balaban J connectivity index is 1.42. The molecule has 0 aromatic rings. The van der Waals surface area contributed by atoms with E-state index in [2.05, 4.69) is 25.2 Å². The van der Waals surface area contributed by atoms with Crippen molar-refractivity contribution in [3.8, 4) is 0 Å². The summed E-state index contributed by atoms with van der Waals surface area (Å²) < 4.78 is 17.5. The van der Waals surface area contributed by atoms with Crippen LogP contribution in [-0.4, -0.2) is 44.8 Å². The van der Waals surface area contributed by atoms with Gasteiger partial charge in [-0.15, -0.1) is 0 Å². The molecule has 0 aromatic heterocycles. The highest BCUT2D eigenvalue weighted by Gasteiger charge is 2.42. The SMILES string of the molecule is CC1=CCC[C@H](C)[C@@H]1CNC[C@@H]1COC2(CCOCC2)O1. The van der Waals surface area contributed by atoms with Crippen LogP contribution in [0.25, 0.3) is 0 Å². The molecular weight excluding hydrogens is 266 g/mol. The smallest absolute Gasteiger partial charge is 0.173 e. The highest BCUT2D eigenvalue weighted by atomic mass is 16.7. The van der Waals surface area contributed by atoms with Crippen molar-refractivity contribution in [1.82, 2.24) is 5.32 Å². The monoisotopic (exact) mass is 295 g/mol. The maximum Gasteiger partial charge on any atom is 0.173 e. The number of rotatable bonds is 4. The van der Waals surface area contributed by atoms with Gasteiger partial charge in [0.2, 0.25) is 0 Å². The molecule has 0 radical (unpaired) electrons. The zero-order valence-electron chi connectivity index (χ0n) is 13.4. The van der Waals surface area contributed by atoms with Gasteiger partial charge in [-0.1, -0.05) is 18.6 Å². The van der Waals surface area contributed by atoms with E-state index in [-0.39, 0.29) is 11.9 Å². The average Bonchev–Trinajstić information content (AvgIpc) is 2.86. The first-order valence-electron chi connectivity index (χ1n) is 8.45. The molecule has 0 aromatic carbocycles. The number of allylic oxidation sites excluding steroid dienone is 1. The molecule has 1 aliphatic carbocycles. The molecule has 0 amide bonds. The van der Waals surface area contributed by atoms with E-state index in [0.29, 0.717) is 12.5 Å². The number of hydrogen-bond donors (Lipinski definition) is 1. The lowest BCUT2D eigenvalue weighted by Gasteiger charge is -2.32. The fraction of sp³-hybridized carbons (Fsp3) is 0.882. The summed E-state index contributed by atoms with van der Waals surface area (Å²) in [5, 5.41) is 3.60. The molecule has 2 heterocycles. The summed E-state index contributed by atoms with van der Waals surface area (Å²) in [6.07, 6.45) is 6.88. The Bertz CT molecular complexity index is 376. The zero-order chi connectivity index (χ0) is 14.7. The van der Waals surface area contributed by atoms with E-state index in [0.717, 1.165) is 45.1 Å². The molecular formula is C17H29NO3. The van der Waals surface area contributed by atoms with Crippen LogP contribution in [0, 0.1) is 11.8 Å². The van der Waals surface area contributed by atoms with Crippen molar-refractivity contribution >= 4 is 0 Å². The predicted molar refractivity (Wildman–Crippen MR) is 82.1 cm³/mol. The lowest BCUT2D eigenvalue weighted by atomic mass is 9.80. The summed E-state index contributed by atoms with van der Waals surface area (Å²) >= 11 is 0. The first-order valence-corrected chi connectivity index (χ1v) is 8.45. The van der Waals surface area contributed by atoms with Crippen LogP contribution in [0.1, 0.15) is 39.5 Å². The first kappa shape index (κ1) is 15.5. The second-order valence-electron chi connectivity index (χ2n) is 6.84. The highest BCUT2D eigenvalue weighted by Crippen LogP contribution is 2.33. The molecule has 120 valence electrons. The molecule has 1 spiro atoms. The average molecular weight is 295 g/mol. The molecule has 21 heavy (non-hydrogen) atoms. The topological polar surface area (TPSA) is 39.7 Å². The quantitative estimate of drug-likeness (QED) is 0.809. The summed E-state index contributed by atoms with van der Waals surface area (Å²) in [5.41, 5.74) is 1.55. The van der Waals surface area contributed by atoms with Gasteiger partial charge in [-0.3, -0.25) is 0 Å². The van der Waals surface area contributed by atoms with Gasteiger partial charge in [-0.25, -0.2) is 0 Å².